The summed E-state index contributed by atoms with van der Waals surface area (Å²) < 4.78 is 0. The Hall–Kier alpha value is -1.85. The molecule has 0 radical (unpaired) electrons. The van der Waals surface area contributed by atoms with Gasteiger partial charge in [0.05, 0.1) is 11.4 Å². The molecule has 126 valence electrons. The van der Waals surface area contributed by atoms with E-state index in [2.05, 4.69) is 35.0 Å². The number of hydrogen-bond donors (Lipinski definition) is 0. The number of carbonyl (C=O) groups excluding carboxylic acids is 1. The normalized spacial score (nSPS) is 15.5. The lowest BCUT2D eigenvalue weighted by atomic mass is 10.2. The third kappa shape index (κ3) is 4.58. The highest BCUT2D eigenvalue weighted by Crippen LogP contribution is 2.22. The molecule has 0 spiro atoms. The Morgan fingerprint density at radius 1 is 1.08 bits per heavy atom. The van der Waals surface area contributed by atoms with E-state index in [1.54, 1.807) is 11.8 Å². The van der Waals surface area contributed by atoms with Crippen molar-refractivity contribution >= 4 is 17.7 Å². The number of nitrogens with zero attached hydrogens (tertiary/aromatic N) is 3. The van der Waals surface area contributed by atoms with E-state index >= 15 is 0 Å². The molecule has 0 unspecified atom stereocenters. The lowest BCUT2D eigenvalue weighted by Crippen LogP contribution is -2.48. The van der Waals surface area contributed by atoms with E-state index in [4.69, 9.17) is 0 Å². The molecule has 1 aromatic heterocycles. The van der Waals surface area contributed by atoms with Crippen molar-refractivity contribution in [3.05, 3.63) is 59.9 Å². The van der Waals surface area contributed by atoms with Crippen LogP contribution in [0.25, 0.3) is 0 Å². The molecular weight excluding hydrogens is 318 g/mol. The fraction of sp³-hybridized carbons (Fsp3) is 0.368. The van der Waals surface area contributed by atoms with Crippen molar-refractivity contribution in [2.24, 2.45) is 0 Å². The number of piperazine rings is 1. The standard InChI is InChI=1S/C19H23N3OS/c1-16-6-2-3-8-18(16)24-15-19(23)22-12-10-21(11-13-22)14-17-7-4-5-9-20-17/h2-9H,10-15H2,1H3. The van der Waals surface area contributed by atoms with E-state index in [-0.39, 0.29) is 5.91 Å². The Morgan fingerprint density at radius 2 is 1.83 bits per heavy atom. The van der Waals surface area contributed by atoms with Crippen molar-refractivity contribution in [1.82, 2.24) is 14.8 Å². The van der Waals surface area contributed by atoms with Gasteiger partial charge < -0.3 is 4.90 Å². The Morgan fingerprint density at radius 3 is 2.54 bits per heavy atom. The number of amides is 1. The molecule has 0 atom stereocenters. The minimum Gasteiger partial charge on any atom is -0.339 e. The Bertz CT molecular complexity index is 669. The first-order valence-corrected chi connectivity index (χ1v) is 9.29. The molecule has 1 aliphatic heterocycles. The monoisotopic (exact) mass is 341 g/mol. The maximum absolute atomic E-state index is 12.4. The van der Waals surface area contributed by atoms with Gasteiger partial charge in [-0.05, 0) is 30.7 Å². The zero-order valence-corrected chi connectivity index (χ0v) is 14.8. The second kappa shape index (κ2) is 8.31. The lowest BCUT2D eigenvalue weighted by molar-refractivity contribution is -0.130. The SMILES string of the molecule is Cc1ccccc1SCC(=O)N1CCN(Cc2ccccn2)CC1. The third-order valence-electron chi connectivity index (χ3n) is 4.28. The number of rotatable bonds is 5. The van der Waals surface area contributed by atoms with Crippen molar-refractivity contribution in [1.29, 1.82) is 0 Å². The van der Waals surface area contributed by atoms with E-state index < -0.39 is 0 Å². The molecule has 5 heteroatoms. The Kier molecular flexibility index (Phi) is 5.88. The smallest absolute Gasteiger partial charge is 0.233 e. The van der Waals surface area contributed by atoms with E-state index in [0.717, 1.165) is 38.4 Å². The maximum Gasteiger partial charge on any atom is 0.233 e. The summed E-state index contributed by atoms with van der Waals surface area (Å²) >= 11 is 1.64. The number of benzene rings is 1. The molecule has 2 heterocycles. The highest BCUT2D eigenvalue weighted by Gasteiger charge is 2.21. The molecule has 1 aliphatic rings. The quantitative estimate of drug-likeness (QED) is 0.784. The molecule has 1 amide bonds. The first-order chi connectivity index (χ1) is 11.7. The summed E-state index contributed by atoms with van der Waals surface area (Å²) in [7, 11) is 0. The molecule has 24 heavy (non-hydrogen) atoms. The maximum atomic E-state index is 12.4. The predicted molar refractivity (Wildman–Crippen MR) is 98.0 cm³/mol. The van der Waals surface area contributed by atoms with Gasteiger partial charge in [-0.25, -0.2) is 0 Å². The summed E-state index contributed by atoms with van der Waals surface area (Å²) in [6.45, 7) is 6.39. The number of aryl methyl sites for hydroxylation is 1. The van der Waals surface area contributed by atoms with Gasteiger partial charge in [0.15, 0.2) is 0 Å². The van der Waals surface area contributed by atoms with Crippen LogP contribution in [0.1, 0.15) is 11.3 Å². The van der Waals surface area contributed by atoms with Gasteiger partial charge in [0.1, 0.15) is 0 Å². The van der Waals surface area contributed by atoms with Crippen molar-refractivity contribution in [2.45, 2.75) is 18.4 Å². The first kappa shape index (κ1) is 17.0. The molecule has 1 saturated heterocycles. The van der Waals surface area contributed by atoms with Gasteiger partial charge in [-0.2, -0.15) is 0 Å². The molecule has 1 aromatic carbocycles. The van der Waals surface area contributed by atoms with Crippen LogP contribution < -0.4 is 0 Å². The number of aromatic nitrogens is 1. The van der Waals surface area contributed by atoms with Crippen LogP contribution in [0.3, 0.4) is 0 Å². The van der Waals surface area contributed by atoms with Gasteiger partial charge in [-0.1, -0.05) is 24.3 Å². The van der Waals surface area contributed by atoms with Crippen LogP contribution in [0, 0.1) is 6.92 Å². The zero-order valence-electron chi connectivity index (χ0n) is 14.0. The molecule has 1 fully saturated rings. The van der Waals surface area contributed by atoms with E-state index in [0.29, 0.717) is 5.75 Å². The second-order valence-corrected chi connectivity index (χ2v) is 7.05. The molecule has 0 bridgehead atoms. The minimum absolute atomic E-state index is 0.237. The number of thioether (sulfide) groups is 1. The van der Waals surface area contributed by atoms with Crippen LogP contribution in [-0.2, 0) is 11.3 Å². The summed E-state index contributed by atoms with van der Waals surface area (Å²) in [4.78, 5) is 22.3. The average Bonchev–Trinajstić information content (AvgIpc) is 2.62. The van der Waals surface area contributed by atoms with Crippen LogP contribution in [0.5, 0.6) is 0 Å². The largest absolute Gasteiger partial charge is 0.339 e. The van der Waals surface area contributed by atoms with Crippen molar-refractivity contribution < 1.29 is 4.79 Å². The molecular formula is C19H23N3OS. The molecule has 3 rings (SSSR count). The van der Waals surface area contributed by atoms with Crippen LogP contribution >= 0.6 is 11.8 Å². The van der Waals surface area contributed by atoms with E-state index in [9.17, 15) is 4.79 Å². The van der Waals surface area contributed by atoms with E-state index in [1.807, 2.05) is 35.4 Å². The van der Waals surface area contributed by atoms with Crippen molar-refractivity contribution in [3.8, 4) is 0 Å². The highest BCUT2D eigenvalue weighted by molar-refractivity contribution is 8.00. The van der Waals surface area contributed by atoms with Gasteiger partial charge in [0.2, 0.25) is 5.91 Å². The topological polar surface area (TPSA) is 36.4 Å². The number of hydrogen-bond acceptors (Lipinski definition) is 4. The number of carbonyl (C=O) groups is 1. The van der Waals surface area contributed by atoms with Crippen molar-refractivity contribution in [3.63, 3.8) is 0 Å². The molecule has 0 aliphatic carbocycles. The zero-order chi connectivity index (χ0) is 16.8. The summed E-state index contributed by atoms with van der Waals surface area (Å²) in [5.74, 6) is 0.756. The van der Waals surface area contributed by atoms with Gasteiger partial charge in [0, 0.05) is 43.8 Å². The third-order valence-corrected chi connectivity index (χ3v) is 5.44. The summed E-state index contributed by atoms with van der Waals surface area (Å²) in [6.07, 6.45) is 1.83. The van der Waals surface area contributed by atoms with Gasteiger partial charge in [-0.3, -0.25) is 14.7 Å². The number of pyridine rings is 1. The van der Waals surface area contributed by atoms with Gasteiger partial charge >= 0.3 is 0 Å². The summed E-state index contributed by atoms with van der Waals surface area (Å²) in [5, 5.41) is 0. The Balaban J connectivity index is 1.44. The van der Waals surface area contributed by atoms with Crippen LogP contribution in [0.2, 0.25) is 0 Å². The Labute approximate surface area is 147 Å². The summed E-state index contributed by atoms with van der Waals surface area (Å²) in [5.41, 5.74) is 2.32. The fourth-order valence-electron chi connectivity index (χ4n) is 2.83. The van der Waals surface area contributed by atoms with Crippen LogP contribution in [0.15, 0.2) is 53.6 Å². The lowest BCUT2D eigenvalue weighted by Gasteiger charge is -2.34. The predicted octanol–water partition coefficient (Wildman–Crippen LogP) is 2.83. The second-order valence-electron chi connectivity index (χ2n) is 6.03. The molecule has 0 saturated carbocycles. The van der Waals surface area contributed by atoms with Gasteiger partial charge in [0.25, 0.3) is 0 Å². The van der Waals surface area contributed by atoms with Gasteiger partial charge in [-0.15, -0.1) is 11.8 Å². The van der Waals surface area contributed by atoms with Crippen LogP contribution in [0.4, 0.5) is 0 Å². The minimum atomic E-state index is 0.237. The van der Waals surface area contributed by atoms with E-state index in [1.165, 1.54) is 10.5 Å². The fourth-order valence-corrected chi connectivity index (χ4v) is 3.76. The summed E-state index contributed by atoms with van der Waals surface area (Å²) in [6, 6.07) is 14.2. The van der Waals surface area contributed by atoms with Crippen molar-refractivity contribution in [2.75, 3.05) is 31.9 Å². The molecule has 0 N–H and O–H groups in total. The molecule has 2 aromatic rings. The average molecular weight is 341 g/mol. The van der Waals surface area contributed by atoms with Crippen LogP contribution in [-0.4, -0.2) is 52.6 Å². The first-order valence-electron chi connectivity index (χ1n) is 8.31. The highest BCUT2D eigenvalue weighted by atomic mass is 32.2. The molecule has 4 nitrogen and oxygen atoms in total.